The zero-order valence-corrected chi connectivity index (χ0v) is 25.4. The molecular weight excluding hydrogens is 552 g/mol. The number of hydrogen-bond donors (Lipinski definition) is 2. The third kappa shape index (κ3) is 6.11. The summed E-state index contributed by atoms with van der Waals surface area (Å²) in [6, 6.07) is 6.77. The molecule has 43 heavy (non-hydrogen) atoms. The highest BCUT2D eigenvalue weighted by Gasteiger charge is 2.29. The molecule has 1 aliphatic heterocycles. The van der Waals surface area contributed by atoms with E-state index >= 15 is 0 Å². The molecule has 1 unspecified atom stereocenters. The molecule has 0 saturated carbocycles. The number of carbonyl (C=O) groups excluding carboxylic acids is 1. The monoisotopic (exact) mass is 590 g/mol. The third-order valence-electron chi connectivity index (χ3n) is 7.40. The molecule has 5 rings (SSSR count). The van der Waals surface area contributed by atoms with E-state index in [1.807, 2.05) is 50.2 Å². The Morgan fingerprint density at radius 3 is 2.56 bits per heavy atom. The van der Waals surface area contributed by atoms with Gasteiger partial charge in [0.1, 0.15) is 5.60 Å². The van der Waals surface area contributed by atoms with E-state index in [2.05, 4.69) is 15.5 Å². The fourth-order valence-electron chi connectivity index (χ4n) is 5.38. The number of H-pyrrole nitrogens is 1. The van der Waals surface area contributed by atoms with Gasteiger partial charge in [-0.15, -0.1) is 0 Å². The van der Waals surface area contributed by atoms with Crippen LogP contribution in [0, 0.1) is 0 Å². The van der Waals surface area contributed by atoms with Gasteiger partial charge in [-0.05, 0) is 53.5 Å². The average molecular weight is 591 g/mol. The summed E-state index contributed by atoms with van der Waals surface area (Å²) in [4.78, 5) is 59.3. The van der Waals surface area contributed by atoms with Gasteiger partial charge in [-0.25, -0.2) is 14.7 Å². The van der Waals surface area contributed by atoms with Crippen LogP contribution in [-0.2, 0) is 24.9 Å². The van der Waals surface area contributed by atoms with Crippen molar-refractivity contribution in [3.8, 4) is 0 Å². The lowest BCUT2D eigenvalue weighted by Gasteiger charge is -2.34. The second-order valence-corrected chi connectivity index (χ2v) is 12.2. The van der Waals surface area contributed by atoms with E-state index in [0.29, 0.717) is 42.0 Å². The smallest absolute Gasteiger partial charge is 0.407 e. The van der Waals surface area contributed by atoms with Gasteiger partial charge in [0.2, 0.25) is 5.95 Å². The van der Waals surface area contributed by atoms with Gasteiger partial charge in [0.15, 0.2) is 11.2 Å². The number of imidazole rings is 1. The van der Waals surface area contributed by atoms with Crippen LogP contribution in [-0.4, -0.2) is 59.7 Å². The quantitative estimate of drug-likeness (QED) is 0.326. The van der Waals surface area contributed by atoms with Gasteiger partial charge in [0, 0.05) is 38.1 Å². The fourth-order valence-corrected chi connectivity index (χ4v) is 5.38. The minimum absolute atomic E-state index is 0.131. The topological polar surface area (TPSA) is 149 Å². The Hall–Kier alpha value is -4.68. The van der Waals surface area contributed by atoms with Crippen LogP contribution < -0.4 is 27.0 Å². The first-order valence-electron chi connectivity index (χ1n) is 14.4. The van der Waals surface area contributed by atoms with Crippen LogP contribution in [0.3, 0.4) is 0 Å². The molecule has 1 saturated heterocycles. The molecule has 13 heteroatoms. The molecule has 4 aromatic rings. The molecule has 1 aromatic carbocycles. The van der Waals surface area contributed by atoms with Crippen LogP contribution >= 0.6 is 0 Å². The first-order chi connectivity index (χ1) is 20.3. The Labute approximate surface area is 247 Å². The summed E-state index contributed by atoms with van der Waals surface area (Å²) < 4.78 is 9.78. The predicted molar refractivity (Wildman–Crippen MR) is 165 cm³/mol. The van der Waals surface area contributed by atoms with E-state index < -0.39 is 22.9 Å². The van der Waals surface area contributed by atoms with Crippen LogP contribution in [0.2, 0.25) is 0 Å². The number of amides is 1. The molecule has 0 bridgehead atoms. The lowest BCUT2D eigenvalue weighted by Crippen LogP contribution is -2.49. The van der Waals surface area contributed by atoms with Gasteiger partial charge in [0.25, 0.3) is 11.1 Å². The molecule has 1 atom stereocenters. The number of piperidine rings is 1. The molecule has 0 aliphatic carbocycles. The number of benzene rings is 1. The zero-order valence-electron chi connectivity index (χ0n) is 25.4. The van der Waals surface area contributed by atoms with Crippen molar-refractivity contribution in [3.63, 3.8) is 0 Å². The Balaban J connectivity index is 1.59. The molecule has 4 heterocycles. The highest BCUT2D eigenvalue weighted by Crippen LogP contribution is 2.24. The third-order valence-corrected chi connectivity index (χ3v) is 7.40. The second kappa shape index (κ2) is 11.5. The lowest BCUT2D eigenvalue weighted by atomic mass is 10.1. The molecule has 0 spiro atoms. The highest BCUT2D eigenvalue weighted by molar-refractivity contribution is 5.83. The second-order valence-electron chi connectivity index (χ2n) is 12.2. The molecule has 1 fully saturated rings. The Bertz CT molecular complexity index is 1900. The van der Waals surface area contributed by atoms with E-state index in [-0.39, 0.29) is 29.3 Å². The number of nitrogens with one attached hydrogen (secondary N) is 2. The Kier molecular flexibility index (Phi) is 8.00. The maximum atomic E-state index is 14.1. The van der Waals surface area contributed by atoms with Crippen LogP contribution in [0.5, 0.6) is 0 Å². The number of allylic oxidation sites excluding steroid dienone is 2. The largest absolute Gasteiger partial charge is 0.444 e. The number of aromatic amines is 1. The maximum Gasteiger partial charge on any atom is 0.407 e. The minimum atomic E-state index is -0.613. The number of anilines is 1. The van der Waals surface area contributed by atoms with E-state index in [1.54, 1.807) is 31.3 Å². The number of alkyl carbamates (subject to hydrolysis) is 1. The summed E-state index contributed by atoms with van der Waals surface area (Å²) in [7, 11) is 1.59. The SMILES string of the molecule is CC(C)=CCn1c(N2CCCC(NC(=O)OC(C)(C)C)C2)nc2c1c(=O)n(Cc1n[nH]c(=O)c3ccccc13)c(=O)n2C. The first-order valence-corrected chi connectivity index (χ1v) is 14.4. The van der Waals surface area contributed by atoms with Crippen molar-refractivity contribution in [1.82, 2.24) is 34.2 Å². The van der Waals surface area contributed by atoms with Crippen LogP contribution in [0.25, 0.3) is 21.9 Å². The summed E-state index contributed by atoms with van der Waals surface area (Å²) in [5.41, 5.74) is 0.00295. The number of hydrogen-bond acceptors (Lipinski definition) is 8. The van der Waals surface area contributed by atoms with Gasteiger partial charge in [0.05, 0.1) is 17.6 Å². The van der Waals surface area contributed by atoms with Gasteiger partial charge < -0.3 is 19.5 Å². The summed E-state index contributed by atoms with van der Waals surface area (Å²) in [5.74, 6) is 0.542. The highest BCUT2D eigenvalue weighted by atomic mass is 16.6. The molecular formula is C30H38N8O5. The zero-order chi connectivity index (χ0) is 31.1. The number of rotatable bonds is 6. The fraction of sp³-hybridized carbons (Fsp3) is 0.467. The van der Waals surface area contributed by atoms with Crippen molar-refractivity contribution < 1.29 is 9.53 Å². The van der Waals surface area contributed by atoms with Crippen molar-refractivity contribution in [2.75, 3.05) is 18.0 Å². The van der Waals surface area contributed by atoms with Crippen molar-refractivity contribution in [2.24, 2.45) is 7.05 Å². The van der Waals surface area contributed by atoms with E-state index in [0.717, 1.165) is 23.0 Å². The van der Waals surface area contributed by atoms with Crippen molar-refractivity contribution in [2.45, 2.75) is 72.2 Å². The predicted octanol–water partition coefficient (Wildman–Crippen LogP) is 2.64. The average Bonchev–Trinajstić information content (AvgIpc) is 3.33. The number of fused-ring (bicyclic) bond motifs is 2. The first kappa shape index (κ1) is 29.8. The van der Waals surface area contributed by atoms with Gasteiger partial charge >= 0.3 is 11.8 Å². The normalized spacial score (nSPS) is 15.6. The lowest BCUT2D eigenvalue weighted by molar-refractivity contribution is 0.0499. The number of nitrogens with zero attached hydrogens (tertiary/aromatic N) is 6. The summed E-state index contributed by atoms with van der Waals surface area (Å²) >= 11 is 0. The van der Waals surface area contributed by atoms with Crippen molar-refractivity contribution in [1.29, 1.82) is 0 Å². The Morgan fingerprint density at radius 1 is 1.14 bits per heavy atom. The minimum Gasteiger partial charge on any atom is -0.444 e. The number of ether oxygens (including phenoxy) is 1. The molecule has 1 amide bonds. The van der Waals surface area contributed by atoms with Crippen LogP contribution in [0.1, 0.15) is 53.2 Å². The standard InChI is InChI=1S/C30H38N8O5/c1-18(2)13-15-37-23-24(32-27(37)36-14-9-10-19(16-36)31-28(41)43-30(3,4)5)35(6)29(42)38(26(23)40)17-22-20-11-7-8-12-21(20)25(39)34-33-22/h7-8,11-13,19H,9-10,14-17H2,1-6H3,(H,31,41)(H,34,39). The molecule has 228 valence electrons. The van der Waals surface area contributed by atoms with Crippen molar-refractivity contribution >= 4 is 34.0 Å². The van der Waals surface area contributed by atoms with Gasteiger partial charge in [-0.1, -0.05) is 29.8 Å². The molecule has 3 aromatic heterocycles. The van der Waals surface area contributed by atoms with E-state index in [9.17, 15) is 19.2 Å². The van der Waals surface area contributed by atoms with Crippen LogP contribution in [0.15, 0.2) is 50.3 Å². The van der Waals surface area contributed by atoms with Gasteiger partial charge in [-0.3, -0.25) is 18.7 Å². The Morgan fingerprint density at radius 2 is 1.86 bits per heavy atom. The number of aromatic nitrogens is 6. The summed E-state index contributed by atoms with van der Waals surface area (Å²) in [6.45, 7) is 10.8. The van der Waals surface area contributed by atoms with Crippen molar-refractivity contribution in [3.05, 3.63) is 72.8 Å². The maximum absolute atomic E-state index is 14.1. The van der Waals surface area contributed by atoms with Gasteiger partial charge in [-0.2, -0.15) is 10.1 Å². The molecule has 2 N–H and O–H groups in total. The number of carbonyl (C=O) groups is 1. The van der Waals surface area contributed by atoms with Crippen LogP contribution in [0.4, 0.5) is 10.7 Å². The number of aryl methyl sites for hydroxylation is 1. The van der Waals surface area contributed by atoms with E-state index in [4.69, 9.17) is 9.72 Å². The summed E-state index contributed by atoms with van der Waals surface area (Å²) in [6.07, 6.45) is 3.08. The van der Waals surface area contributed by atoms with E-state index in [1.165, 1.54) is 4.57 Å². The summed E-state index contributed by atoms with van der Waals surface area (Å²) in [5, 5.41) is 10.6. The molecule has 0 radical (unpaired) electrons. The molecule has 13 nitrogen and oxygen atoms in total. The molecule has 1 aliphatic rings.